The summed E-state index contributed by atoms with van der Waals surface area (Å²) in [6, 6.07) is 14.2. The molecule has 0 saturated carbocycles. The Bertz CT molecular complexity index is 1310. The van der Waals surface area contributed by atoms with Crippen molar-refractivity contribution >= 4 is 56.2 Å². The molecule has 0 unspecified atom stereocenters. The Morgan fingerprint density at radius 1 is 1.14 bits per heavy atom. The lowest BCUT2D eigenvalue weighted by molar-refractivity contribution is 0.573. The molecular formula is C21H14BrCl2N3O2. The third-order valence-electron chi connectivity index (χ3n) is 4.32. The number of fused-ring (bicyclic) bond motifs is 1. The van der Waals surface area contributed by atoms with E-state index in [0.29, 0.717) is 44.7 Å². The monoisotopic (exact) mass is 489 g/mol. The van der Waals surface area contributed by atoms with Crippen molar-refractivity contribution in [3.63, 3.8) is 0 Å². The fourth-order valence-electron chi connectivity index (χ4n) is 2.88. The molecule has 0 spiro atoms. The zero-order valence-corrected chi connectivity index (χ0v) is 18.3. The maximum atomic E-state index is 12.9. The van der Waals surface area contributed by atoms with Crippen LogP contribution in [-0.2, 0) is 6.42 Å². The molecule has 2 aromatic heterocycles. The molecule has 0 amide bonds. The van der Waals surface area contributed by atoms with E-state index >= 15 is 0 Å². The minimum Gasteiger partial charge on any atom is -0.455 e. The lowest BCUT2D eigenvalue weighted by Gasteiger charge is -2.07. The summed E-state index contributed by atoms with van der Waals surface area (Å²) in [5.74, 6) is 1.68. The summed E-state index contributed by atoms with van der Waals surface area (Å²) in [4.78, 5) is 17.5. The van der Waals surface area contributed by atoms with E-state index in [0.717, 1.165) is 10.0 Å². The molecule has 0 bridgehead atoms. The zero-order valence-electron chi connectivity index (χ0n) is 15.2. The Hall–Kier alpha value is -2.41. The molecule has 5 nitrogen and oxygen atoms in total. The largest absolute Gasteiger partial charge is 0.455 e. The Morgan fingerprint density at radius 2 is 1.97 bits per heavy atom. The van der Waals surface area contributed by atoms with Gasteiger partial charge in [-0.2, -0.15) is 9.78 Å². The van der Waals surface area contributed by atoms with Gasteiger partial charge in [-0.15, -0.1) is 0 Å². The normalized spacial score (nSPS) is 11.6. The molecule has 0 saturated heterocycles. The second kappa shape index (κ2) is 8.14. The highest BCUT2D eigenvalue weighted by Gasteiger charge is 2.10. The standard InChI is InChI=1S/C21H14BrCl2N3O2/c1-2-20-26-18-7-4-13(22)10-15(18)21(28)27(20)25-11-14-5-8-19(29-14)12-3-6-16(23)17(24)9-12/h3-11H,2H2,1H3. The van der Waals surface area contributed by atoms with Crippen molar-refractivity contribution in [2.75, 3.05) is 0 Å². The van der Waals surface area contributed by atoms with Crippen LogP contribution in [0.15, 0.2) is 67.3 Å². The van der Waals surface area contributed by atoms with Gasteiger partial charge in [-0.05, 0) is 48.5 Å². The van der Waals surface area contributed by atoms with Gasteiger partial charge in [0.1, 0.15) is 17.3 Å². The van der Waals surface area contributed by atoms with Gasteiger partial charge in [0, 0.05) is 16.5 Å². The van der Waals surface area contributed by atoms with Crippen LogP contribution in [0.2, 0.25) is 10.0 Å². The number of halogens is 3. The maximum absolute atomic E-state index is 12.9. The summed E-state index contributed by atoms with van der Waals surface area (Å²) in [5, 5.41) is 5.74. The molecule has 0 fully saturated rings. The number of furan rings is 1. The molecule has 4 rings (SSSR count). The number of aryl methyl sites for hydroxylation is 1. The summed E-state index contributed by atoms with van der Waals surface area (Å²) in [5.41, 5.74) is 1.20. The van der Waals surface area contributed by atoms with Gasteiger partial charge in [-0.3, -0.25) is 4.79 Å². The molecular weight excluding hydrogens is 477 g/mol. The van der Waals surface area contributed by atoms with Crippen LogP contribution < -0.4 is 5.56 Å². The highest BCUT2D eigenvalue weighted by Crippen LogP contribution is 2.29. The Morgan fingerprint density at radius 3 is 2.72 bits per heavy atom. The van der Waals surface area contributed by atoms with Crippen LogP contribution >= 0.6 is 39.1 Å². The fourth-order valence-corrected chi connectivity index (χ4v) is 3.54. The van der Waals surface area contributed by atoms with Gasteiger partial charge in [-0.25, -0.2) is 4.98 Å². The van der Waals surface area contributed by atoms with Gasteiger partial charge < -0.3 is 4.42 Å². The highest BCUT2D eigenvalue weighted by molar-refractivity contribution is 9.10. The van der Waals surface area contributed by atoms with Crippen molar-refractivity contribution in [3.8, 4) is 11.3 Å². The minimum absolute atomic E-state index is 0.235. The van der Waals surface area contributed by atoms with Gasteiger partial charge in [0.05, 0.1) is 27.2 Å². The van der Waals surface area contributed by atoms with Crippen LogP contribution in [0, 0.1) is 0 Å². The molecule has 0 radical (unpaired) electrons. The fraction of sp³-hybridized carbons (Fsp3) is 0.0952. The average molecular weight is 491 g/mol. The SMILES string of the molecule is CCc1nc2ccc(Br)cc2c(=O)n1N=Cc1ccc(-c2ccc(Cl)c(Cl)c2)o1. The van der Waals surface area contributed by atoms with E-state index in [1.54, 1.807) is 30.3 Å². The first kappa shape index (κ1) is 19.9. The molecule has 146 valence electrons. The zero-order chi connectivity index (χ0) is 20.5. The molecule has 29 heavy (non-hydrogen) atoms. The predicted octanol–water partition coefficient (Wildman–Crippen LogP) is 6.17. The number of hydrogen-bond donors (Lipinski definition) is 0. The maximum Gasteiger partial charge on any atom is 0.282 e. The first-order valence-electron chi connectivity index (χ1n) is 8.77. The van der Waals surface area contributed by atoms with Crippen molar-refractivity contribution in [1.29, 1.82) is 0 Å². The molecule has 8 heteroatoms. The van der Waals surface area contributed by atoms with Gasteiger partial charge in [0.25, 0.3) is 5.56 Å². The van der Waals surface area contributed by atoms with Crippen LogP contribution in [-0.4, -0.2) is 15.9 Å². The van der Waals surface area contributed by atoms with Crippen molar-refractivity contribution in [3.05, 3.63) is 85.0 Å². The van der Waals surface area contributed by atoms with Gasteiger partial charge in [0.2, 0.25) is 0 Å². The van der Waals surface area contributed by atoms with E-state index in [1.807, 2.05) is 25.1 Å². The van der Waals surface area contributed by atoms with E-state index in [4.69, 9.17) is 27.6 Å². The average Bonchev–Trinajstić information content (AvgIpc) is 3.18. The third-order valence-corrected chi connectivity index (χ3v) is 5.56. The molecule has 2 aromatic carbocycles. The Kier molecular flexibility index (Phi) is 5.58. The van der Waals surface area contributed by atoms with E-state index in [-0.39, 0.29) is 5.56 Å². The first-order chi connectivity index (χ1) is 14.0. The van der Waals surface area contributed by atoms with E-state index in [2.05, 4.69) is 26.0 Å². The quantitative estimate of drug-likeness (QED) is 0.321. The highest BCUT2D eigenvalue weighted by atomic mass is 79.9. The van der Waals surface area contributed by atoms with Crippen molar-refractivity contribution < 1.29 is 4.42 Å². The Balaban J connectivity index is 1.72. The predicted molar refractivity (Wildman–Crippen MR) is 120 cm³/mol. The Labute approximate surface area is 184 Å². The van der Waals surface area contributed by atoms with Crippen LogP contribution in [0.4, 0.5) is 0 Å². The molecule has 2 heterocycles. The van der Waals surface area contributed by atoms with E-state index in [9.17, 15) is 4.79 Å². The van der Waals surface area contributed by atoms with Crippen LogP contribution in [0.5, 0.6) is 0 Å². The number of nitrogens with zero attached hydrogens (tertiary/aromatic N) is 3. The second-order valence-corrected chi connectivity index (χ2v) is 7.97. The topological polar surface area (TPSA) is 60.4 Å². The van der Waals surface area contributed by atoms with E-state index < -0.39 is 0 Å². The summed E-state index contributed by atoms with van der Waals surface area (Å²) in [7, 11) is 0. The van der Waals surface area contributed by atoms with Gasteiger partial charge in [-0.1, -0.05) is 46.1 Å². The van der Waals surface area contributed by atoms with E-state index in [1.165, 1.54) is 10.9 Å². The summed E-state index contributed by atoms with van der Waals surface area (Å²) in [6.07, 6.45) is 2.05. The van der Waals surface area contributed by atoms with Crippen molar-refractivity contribution in [1.82, 2.24) is 9.66 Å². The van der Waals surface area contributed by atoms with Crippen LogP contribution in [0.3, 0.4) is 0 Å². The molecule has 0 aliphatic rings. The lowest BCUT2D eigenvalue weighted by atomic mass is 10.2. The number of aromatic nitrogens is 2. The van der Waals surface area contributed by atoms with Crippen molar-refractivity contribution in [2.45, 2.75) is 13.3 Å². The number of hydrogen-bond acceptors (Lipinski definition) is 4. The lowest BCUT2D eigenvalue weighted by Crippen LogP contribution is -2.22. The first-order valence-corrected chi connectivity index (χ1v) is 10.3. The third kappa shape index (κ3) is 4.01. The number of benzene rings is 2. The van der Waals surface area contributed by atoms with Crippen LogP contribution in [0.25, 0.3) is 22.2 Å². The van der Waals surface area contributed by atoms with Crippen LogP contribution in [0.1, 0.15) is 18.5 Å². The molecule has 0 atom stereocenters. The summed E-state index contributed by atoms with van der Waals surface area (Å²) >= 11 is 15.4. The minimum atomic E-state index is -0.235. The van der Waals surface area contributed by atoms with Crippen molar-refractivity contribution in [2.24, 2.45) is 5.10 Å². The second-order valence-electron chi connectivity index (χ2n) is 6.24. The molecule has 0 aliphatic carbocycles. The number of rotatable bonds is 4. The molecule has 0 N–H and O–H groups in total. The van der Waals surface area contributed by atoms with Gasteiger partial charge >= 0.3 is 0 Å². The molecule has 4 aromatic rings. The van der Waals surface area contributed by atoms with Gasteiger partial charge in [0.15, 0.2) is 0 Å². The smallest absolute Gasteiger partial charge is 0.282 e. The molecule has 0 aliphatic heterocycles. The summed E-state index contributed by atoms with van der Waals surface area (Å²) < 4.78 is 7.92. The summed E-state index contributed by atoms with van der Waals surface area (Å²) in [6.45, 7) is 1.92.